The molecule has 0 saturated heterocycles. The summed E-state index contributed by atoms with van der Waals surface area (Å²) in [5, 5.41) is 14.3. The van der Waals surface area contributed by atoms with Gasteiger partial charge in [0.15, 0.2) is 0 Å². The Hall–Kier alpha value is -1.27. The van der Waals surface area contributed by atoms with Gasteiger partial charge in [-0.1, -0.05) is 52.0 Å². The van der Waals surface area contributed by atoms with Gasteiger partial charge in [-0.3, -0.25) is 0 Å². The van der Waals surface area contributed by atoms with Gasteiger partial charge in [-0.2, -0.15) is 17.2 Å². The second-order valence-corrected chi connectivity index (χ2v) is 21.1. The van der Waals surface area contributed by atoms with Crippen LogP contribution in [0.4, 0.5) is 0 Å². The Morgan fingerprint density at radius 1 is 1.00 bits per heavy atom. The van der Waals surface area contributed by atoms with Crippen LogP contribution in [-0.2, 0) is 14.3 Å². The van der Waals surface area contributed by atoms with Gasteiger partial charge in [0.1, 0.15) is 0 Å². The van der Waals surface area contributed by atoms with Crippen LogP contribution in [0.2, 0.25) is 0 Å². The highest BCUT2D eigenvalue weighted by Crippen LogP contribution is 2.64. The van der Waals surface area contributed by atoms with Crippen molar-refractivity contribution in [2.24, 2.45) is 46.8 Å². The summed E-state index contributed by atoms with van der Waals surface area (Å²) in [6, 6.07) is 0.0311. The molecule has 13 atom stereocenters. The molecular formula is C49H84N2O4S. The Morgan fingerprint density at radius 2 is 1.71 bits per heavy atom. The summed E-state index contributed by atoms with van der Waals surface area (Å²) in [6.07, 6.45) is 21.3. The van der Waals surface area contributed by atoms with Crippen molar-refractivity contribution in [1.29, 1.82) is 0 Å². The van der Waals surface area contributed by atoms with Crippen LogP contribution in [0, 0.1) is 59.2 Å². The van der Waals surface area contributed by atoms with Crippen molar-refractivity contribution in [2.45, 2.75) is 188 Å². The van der Waals surface area contributed by atoms with Crippen LogP contribution in [0.3, 0.4) is 0 Å². The molecule has 0 heterocycles. The third-order valence-electron chi connectivity index (χ3n) is 15.2. The average molecular weight is 797 g/mol. The highest BCUT2D eigenvalue weighted by atomic mass is 32.2. The Balaban J connectivity index is 1.18. The van der Waals surface area contributed by atoms with E-state index in [-0.39, 0.29) is 35.1 Å². The summed E-state index contributed by atoms with van der Waals surface area (Å²) in [6.45, 7) is 32.8. The van der Waals surface area contributed by atoms with E-state index in [0.29, 0.717) is 18.4 Å². The van der Waals surface area contributed by atoms with Gasteiger partial charge in [0.2, 0.25) is 0 Å². The van der Waals surface area contributed by atoms with E-state index in [2.05, 4.69) is 99.1 Å². The van der Waals surface area contributed by atoms with Crippen molar-refractivity contribution < 1.29 is 19.4 Å². The molecule has 0 bridgehead atoms. The van der Waals surface area contributed by atoms with E-state index in [4.69, 9.17) is 20.7 Å². The third-order valence-corrected chi connectivity index (χ3v) is 16.6. The van der Waals surface area contributed by atoms with E-state index in [1.807, 2.05) is 11.8 Å². The summed E-state index contributed by atoms with van der Waals surface area (Å²) in [7, 11) is 0. The lowest BCUT2D eigenvalue weighted by Gasteiger charge is -2.59. The molecule has 320 valence electrons. The molecule has 0 aromatic rings. The van der Waals surface area contributed by atoms with Crippen LogP contribution >= 0.6 is 11.8 Å². The average Bonchev–Trinajstić information content (AvgIpc) is 3.61. The van der Waals surface area contributed by atoms with Crippen molar-refractivity contribution in [2.75, 3.05) is 25.6 Å². The summed E-state index contributed by atoms with van der Waals surface area (Å²) in [5.41, 5.74) is 7.97. The molecule has 0 spiro atoms. The lowest BCUT2D eigenvalue weighted by atomic mass is 9.47. The van der Waals surface area contributed by atoms with Crippen LogP contribution in [-0.4, -0.2) is 65.8 Å². The van der Waals surface area contributed by atoms with Gasteiger partial charge < -0.3 is 24.7 Å². The highest BCUT2D eigenvalue weighted by molar-refractivity contribution is 8.00. The minimum Gasteiger partial charge on any atom is -0.393 e. The van der Waals surface area contributed by atoms with Crippen LogP contribution in [0.15, 0.2) is 35.6 Å². The Labute approximate surface area is 348 Å². The molecule has 13 unspecified atom stereocenters. The minimum atomic E-state index is -0.345. The van der Waals surface area contributed by atoms with Crippen molar-refractivity contribution in [1.82, 2.24) is 10.8 Å². The molecule has 0 aliphatic heterocycles. The number of fused-ring (bicyclic) bond motifs is 5. The lowest BCUT2D eigenvalue weighted by molar-refractivity contribution is -0.109. The second-order valence-electron chi connectivity index (χ2n) is 19.7. The third kappa shape index (κ3) is 12.4. The lowest BCUT2D eigenvalue weighted by Crippen LogP contribution is -2.52. The molecule has 6 nitrogen and oxygen atoms in total. The molecule has 3 N–H and O–H groups in total. The molecule has 56 heavy (non-hydrogen) atoms. The normalized spacial score (nSPS) is 32.1. The van der Waals surface area contributed by atoms with Crippen molar-refractivity contribution in [3.05, 3.63) is 35.6 Å². The molecule has 0 aromatic heterocycles. The van der Waals surface area contributed by atoms with E-state index >= 15 is 0 Å². The molecule has 0 radical (unpaired) electrons. The van der Waals surface area contributed by atoms with Gasteiger partial charge in [0.25, 0.3) is 0 Å². The minimum absolute atomic E-state index is 0.0436. The molecule has 4 fully saturated rings. The zero-order chi connectivity index (χ0) is 41.2. The monoisotopic (exact) mass is 797 g/mol. The zero-order valence-corrected chi connectivity index (χ0v) is 38.3. The number of hydrogen-bond donors (Lipinski definition) is 3. The number of thioether (sulfide) groups is 1. The summed E-state index contributed by atoms with van der Waals surface area (Å²) in [4.78, 5) is 6.17. The standard InChI is InChI=1S/C49H84N2O4S/c1-14-17-46(37(9)53-31-48(11,12)54-27-15-2)50-36(8)35(7)34(6)30-56-38(10)47(32(3)4)51-55-28-16-18-33(5)41-21-22-43-42(41)23-24-45-44(43)20-19-39-29-40(52)25-26-49(39,45)13/h1,33,37-47,50-52H,3,8,15-31H2,2,4-7,9-13H3/b35-34+. The van der Waals surface area contributed by atoms with Crippen LogP contribution in [0.25, 0.3) is 0 Å². The number of nitrogens with one attached hydrogen (secondary N) is 2. The molecule has 4 aliphatic rings. The van der Waals surface area contributed by atoms with E-state index in [9.17, 15) is 5.11 Å². The molecule has 4 saturated carbocycles. The predicted molar refractivity (Wildman–Crippen MR) is 238 cm³/mol. The van der Waals surface area contributed by atoms with Gasteiger partial charge in [-0.25, -0.2) is 0 Å². The number of rotatable bonds is 23. The summed E-state index contributed by atoms with van der Waals surface area (Å²) < 4.78 is 12.2. The van der Waals surface area contributed by atoms with Gasteiger partial charge in [0, 0.05) is 29.7 Å². The first-order valence-corrected chi connectivity index (χ1v) is 23.7. The largest absolute Gasteiger partial charge is 0.393 e. The quantitative estimate of drug-likeness (QED) is 0.0313. The Morgan fingerprint density at radius 3 is 2.41 bits per heavy atom. The van der Waals surface area contributed by atoms with Gasteiger partial charge >= 0.3 is 0 Å². The number of ether oxygens (including phenoxy) is 2. The number of allylic oxidation sites excluding steroid dienone is 1. The first-order chi connectivity index (χ1) is 26.5. The number of aliphatic hydroxyl groups is 1. The first-order valence-electron chi connectivity index (χ1n) is 22.7. The van der Waals surface area contributed by atoms with Crippen molar-refractivity contribution in [3.63, 3.8) is 0 Å². The van der Waals surface area contributed by atoms with Crippen LogP contribution in [0.1, 0.15) is 153 Å². The Bertz CT molecular complexity index is 1340. The van der Waals surface area contributed by atoms with Gasteiger partial charge in [0.05, 0.1) is 43.1 Å². The van der Waals surface area contributed by atoms with Gasteiger partial charge in [-0.05, 0) is 171 Å². The molecular weight excluding hydrogens is 713 g/mol. The van der Waals surface area contributed by atoms with Crippen molar-refractivity contribution in [3.8, 4) is 12.3 Å². The smallest absolute Gasteiger partial charge is 0.0859 e. The fourth-order valence-corrected chi connectivity index (χ4v) is 12.7. The molecule has 4 rings (SSSR count). The van der Waals surface area contributed by atoms with Gasteiger partial charge in [-0.15, -0.1) is 12.3 Å². The van der Waals surface area contributed by atoms with E-state index in [1.54, 1.807) is 0 Å². The number of hydrogen-bond acceptors (Lipinski definition) is 7. The Kier molecular flexibility index (Phi) is 18.5. The molecule has 7 heteroatoms. The maximum Gasteiger partial charge on any atom is 0.0859 e. The second kappa shape index (κ2) is 21.8. The summed E-state index contributed by atoms with van der Waals surface area (Å²) in [5.74, 6) is 9.78. The number of hydroxylamine groups is 1. The predicted octanol–water partition coefficient (Wildman–Crippen LogP) is 11.1. The first kappa shape index (κ1) is 47.4. The SMILES string of the molecule is C#CCC(NC(=C)/C(C)=C(\C)CSC(C)C(NOCCCC(C)C1CCC2C1CCC1C2CCC2CC(O)CCC21C)C(=C)C)C(C)OCC(C)(C)OCCC. The van der Waals surface area contributed by atoms with Crippen LogP contribution < -0.4 is 10.8 Å². The number of terminal acetylenes is 1. The molecule has 0 amide bonds. The van der Waals surface area contributed by atoms with Crippen LogP contribution in [0.5, 0.6) is 0 Å². The van der Waals surface area contributed by atoms with Crippen molar-refractivity contribution >= 4 is 11.8 Å². The number of aliphatic hydroxyl groups excluding tert-OH is 1. The fraction of sp³-hybridized carbons (Fsp3) is 0.837. The zero-order valence-electron chi connectivity index (χ0n) is 37.5. The topological polar surface area (TPSA) is 72.0 Å². The molecule has 4 aliphatic carbocycles. The maximum atomic E-state index is 10.4. The summed E-state index contributed by atoms with van der Waals surface area (Å²) >= 11 is 1.92. The van der Waals surface area contributed by atoms with E-state index < -0.39 is 0 Å². The van der Waals surface area contributed by atoms with E-state index in [1.165, 1.54) is 56.9 Å². The molecule has 0 aromatic carbocycles. The fourth-order valence-electron chi connectivity index (χ4n) is 11.5. The van der Waals surface area contributed by atoms with E-state index in [0.717, 1.165) is 103 Å². The maximum absolute atomic E-state index is 10.4. The highest BCUT2D eigenvalue weighted by Gasteiger charge is 2.56.